The Kier molecular flexibility index (Phi) is 4.59. The molecule has 0 bridgehead atoms. The van der Waals surface area contributed by atoms with Crippen LogP contribution in [0.25, 0.3) is 0 Å². The van der Waals surface area contributed by atoms with Crippen molar-refractivity contribution in [1.29, 1.82) is 0 Å². The second-order valence-corrected chi connectivity index (χ2v) is 7.15. The molecule has 0 unspecified atom stereocenters. The third-order valence-corrected chi connectivity index (χ3v) is 5.57. The van der Waals surface area contributed by atoms with Gasteiger partial charge >= 0.3 is 5.63 Å². The molecule has 2 aromatic heterocycles. The number of aryl methyl sites for hydroxylation is 1. The number of rotatable bonds is 4. The third-order valence-electron chi connectivity index (χ3n) is 2.79. The highest BCUT2D eigenvalue weighted by Crippen LogP contribution is 2.29. The van der Waals surface area contributed by atoms with Crippen LogP contribution in [0.3, 0.4) is 0 Å². The van der Waals surface area contributed by atoms with E-state index in [4.69, 9.17) is 4.42 Å². The Morgan fingerprint density at radius 3 is 3.09 bits per heavy atom. The molecule has 0 spiro atoms. The lowest BCUT2D eigenvalue weighted by Gasteiger charge is -2.13. The molecule has 1 aliphatic rings. The van der Waals surface area contributed by atoms with Gasteiger partial charge in [0.2, 0.25) is 10.3 Å². The van der Waals surface area contributed by atoms with Crippen molar-refractivity contribution in [3.05, 3.63) is 27.8 Å². The summed E-state index contributed by atoms with van der Waals surface area (Å²) in [7, 11) is 0. The van der Waals surface area contributed by atoms with Crippen LogP contribution in [-0.2, 0) is 0 Å². The fourth-order valence-electron chi connectivity index (χ4n) is 1.91. The second-order valence-electron chi connectivity index (χ2n) is 4.35. The smallest absolute Gasteiger partial charge is 0.348 e. The zero-order chi connectivity index (χ0) is 15.7. The molecule has 0 aromatic carbocycles. The van der Waals surface area contributed by atoms with E-state index in [1.54, 1.807) is 11.6 Å². The maximum absolute atomic E-state index is 12.0. The molecular formula is C12H11BrN4O3S2. The van der Waals surface area contributed by atoms with Gasteiger partial charge in [-0.05, 0) is 6.92 Å². The van der Waals surface area contributed by atoms with E-state index in [2.05, 4.69) is 31.2 Å². The molecule has 0 amide bonds. The van der Waals surface area contributed by atoms with Gasteiger partial charge in [0.05, 0.1) is 5.71 Å². The van der Waals surface area contributed by atoms with Crippen molar-refractivity contribution in [3.8, 4) is 5.75 Å². The molecule has 7 nitrogen and oxygen atoms in total. The van der Waals surface area contributed by atoms with Gasteiger partial charge in [-0.25, -0.2) is 4.79 Å². The predicted molar refractivity (Wildman–Crippen MR) is 88.6 cm³/mol. The zero-order valence-corrected chi connectivity index (χ0v) is 14.7. The van der Waals surface area contributed by atoms with Gasteiger partial charge in [0.25, 0.3) is 0 Å². The van der Waals surface area contributed by atoms with E-state index in [1.807, 2.05) is 0 Å². The van der Waals surface area contributed by atoms with Gasteiger partial charge in [-0.15, -0.1) is 10.2 Å². The Morgan fingerprint density at radius 2 is 2.36 bits per heavy atom. The van der Waals surface area contributed by atoms with Crippen LogP contribution in [0.2, 0.25) is 0 Å². The normalized spacial score (nSPS) is 13.8. The van der Waals surface area contributed by atoms with E-state index >= 15 is 0 Å². The lowest BCUT2D eigenvalue weighted by molar-refractivity contribution is 0.432. The summed E-state index contributed by atoms with van der Waals surface area (Å²) in [5.41, 5.74) is -0.0545. The number of thioether (sulfide) groups is 2. The average molecular weight is 403 g/mol. The lowest BCUT2D eigenvalue weighted by atomic mass is 10.2. The highest BCUT2D eigenvalue weighted by molar-refractivity contribution is 9.09. The summed E-state index contributed by atoms with van der Waals surface area (Å²) in [5.74, 6) is 1.47. The molecule has 10 heteroatoms. The maximum Gasteiger partial charge on any atom is 0.348 e. The van der Waals surface area contributed by atoms with Crippen LogP contribution in [0.15, 0.2) is 30.7 Å². The topological polar surface area (TPSA) is 93.5 Å². The fraction of sp³-hybridized carbons (Fsp3) is 0.333. The van der Waals surface area contributed by atoms with Crippen molar-refractivity contribution in [2.45, 2.75) is 17.2 Å². The van der Waals surface area contributed by atoms with Crippen molar-refractivity contribution in [2.75, 3.05) is 16.8 Å². The minimum Gasteiger partial charge on any atom is -0.507 e. The van der Waals surface area contributed by atoms with Crippen LogP contribution in [0.1, 0.15) is 11.3 Å². The monoisotopic (exact) mass is 402 g/mol. The highest BCUT2D eigenvalue weighted by Gasteiger charge is 2.24. The molecular weight excluding hydrogens is 392 g/mol. The van der Waals surface area contributed by atoms with E-state index in [9.17, 15) is 9.90 Å². The first-order valence-electron chi connectivity index (χ1n) is 6.29. The SMILES string of the molecule is Cc1cc(O)c(C2=Nn3c(SCCBr)nnc3SC2)c(=O)o1. The van der Waals surface area contributed by atoms with E-state index in [-0.39, 0.29) is 11.3 Å². The molecule has 1 aliphatic heterocycles. The van der Waals surface area contributed by atoms with Crippen LogP contribution in [0.5, 0.6) is 5.75 Å². The Balaban J connectivity index is 2.04. The lowest BCUT2D eigenvalue weighted by Crippen LogP contribution is -2.21. The summed E-state index contributed by atoms with van der Waals surface area (Å²) in [5, 5.41) is 24.7. The maximum atomic E-state index is 12.0. The largest absolute Gasteiger partial charge is 0.507 e. The van der Waals surface area contributed by atoms with Gasteiger partial charge in [-0.2, -0.15) is 9.78 Å². The van der Waals surface area contributed by atoms with E-state index in [0.717, 1.165) is 11.1 Å². The molecule has 3 rings (SSSR count). The Labute approximate surface area is 142 Å². The first-order chi connectivity index (χ1) is 10.6. The van der Waals surface area contributed by atoms with Crippen LogP contribution in [-0.4, -0.2) is 42.5 Å². The standard InChI is InChI=1S/C12H11BrN4O3S2/c1-6-4-8(18)9(10(19)20-6)7-5-22-12-15-14-11(17(12)16-7)21-3-2-13/h4,18H,2-3,5H2,1H3. The quantitative estimate of drug-likeness (QED) is 0.617. The van der Waals surface area contributed by atoms with Crippen molar-refractivity contribution in [3.63, 3.8) is 0 Å². The van der Waals surface area contributed by atoms with Gasteiger partial charge in [0.15, 0.2) is 0 Å². The summed E-state index contributed by atoms with van der Waals surface area (Å²) in [6.45, 7) is 1.61. The molecule has 0 saturated carbocycles. The number of aromatic nitrogens is 3. The Bertz CT molecular complexity index is 802. The van der Waals surface area contributed by atoms with Crippen LogP contribution < -0.4 is 5.63 Å². The summed E-state index contributed by atoms with van der Waals surface area (Å²) < 4.78 is 6.64. The molecule has 0 aliphatic carbocycles. The van der Waals surface area contributed by atoms with Gasteiger partial charge in [0, 0.05) is 22.9 Å². The Hall–Kier alpha value is -1.26. The fourth-order valence-corrected chi connectivity index (χ4v) is 3.88. The van der Waals surface area contributed by atoms with Crippen molar-refractivity contribution in [1.82, 2.24) is 14.9 Å². The van der Waals surface area contributed by atoms with Gasteiger partial charge in [0.1, 0.15) is 17.1 Å². The van der Waals surface area contributed by atoms with E-state index in [1.165, 1.54) is 29.6 Å². The van der Waals surface area contributed by atoms with E-state index < -0.39 is 5.63 Å². The van der Waals surface area contributed by atoms with Gasteiger partial charge in [-0.1, -0.05) is 39.5 Å². The molecule has 0 atom stereocenters. The molecule has 1 N–H and O–H groups in total. The predicted octanol–water partition coefficient (Wildman–Crippen LogP) is 2.09. The Morgan fingerprint density at radius 1 is 1.55 bits per heavy atom. The molecule has 22 heavy (non-hydrogen) atoms. The molecule has 0 radical (unpaired) electrons. The van der Waals surface area contributed by atoms with Crippen LogP contribution in [0.4, 0.5) is 0 Å². The highest BCUT2D eigenvalue weighted by atomic mass is 79.9. The molecule has 2 aromatic rings. The molecule has 116 valence electrons. The van der Waals surface area contributed by atoms with Gasteiger partial charge in [-0.3, -0.25) is 0 Å². The summed E-state index contributed by atoms with van der Waals surface area (Å²) in [6.07, 6.45) is 0. The summed E-state index contributed by atoms with van der Waals surface area (Å²) in [4.78, 5) is 12.0. The zero-order valence-electron chi connectivity index (χ0n) is 11.4. The van der Waals surface area contributed by atoms with Crippen LogP contribution >= 0.6 is 39.5 Å². The minimum atomic E-state index is -0.594. The summed E-state index contributed by atoms with van der Waals surface area (Å²) in [6, 6.07) is 1.41. The second kappa shape index (κ2) is 6.47. The number of aromatic hydroxyl groups is 1. The van der Waals surface area contributed by atoms with Crippen molar-refractivity contribution < 1.29 is 9.52 Å². The number of hydrogen-bond donors (Lipinski definition) is 1. The number of hydrogen-bond acceptors (Lipinski definition) is 8. The van der Waals surface area contributed by atoms with Crippen molar-refractivity contribution >= 4 is 45.2 Å². The molecule has 0 fully saturated rings. The number of halogens is 1. The number of alkyl halides is 1. The summed E-state index contributed by atoms with van der Waals surface area (Å²) >= 11 is 6.28. The number of fused-ring (bicyclic) bond motifs is 1. The van der Waals surface area contributed by atoms with Crippen LogP contribution in [0, 0.1) is 6.92 Å². The van der Waals surface area contributed by atoms with Gasteiger partial charge < -0.3 is 9.52 Å². The molecule has 3 heterocycles. The third kappa shape index (κ3) is 2.95. The van der Waals surface area contributed by atoms with E-state index in [0.29, 0.717) is 27.5 Å². The average Bonchev–Trinajstić information content (AvgIpc) is 2.86. The molecule has 0 saturated heterocycles. The minimum absolute atomic E-state index is 0.0916. The first-order valence-corrected chi connectivity index (χ1v) is 9.38. The van der Waals surface area contributed by atoms with Crippen molar-refractivity contribution in [2.24, 2.45) is 5.10 Å². The first kappa shape index (κ1) is 15.6. The number of nitrogens with zero attached hydrogens (tertiary/aromatic N) is 4.